The molecule has 21 heavy (non-hydrogen) atoms. The van der Waals surface area contributed by atoms with Crippen LogP contribution in [0.3, 0.4) is 0 Å². The zero-order valence-electron chi connectivity index (χ0n) is 12.1. The van der Waals surface area contributed by atoms with Gasteiger partial charge >= 0.3 is 0 Å². The second kappa shape index (κ2) is 5.76. The van der Waals surface area contributed by atoms with Gasteiger partial charge in [0.1, 0.15) is 0 Å². The maximum atomic E-state index is 12.7. The molecule has 2 aliphatic heterocycles. The summed E-state index contributed by atoms with van der Waals surface area (Å²) in [6, 6.07) is 5.92. The molecule has 1 aromatic carbocycles. The number of nitrogens with zero attached hydrogens (tertiary/aromatic N) is 1. The van der Waals surface area contributed by atoms with E-state index < -0.39 is 0 Å². The lowest BCUT2D eigenvalue weighted by atomic mass is 9.94. The van der Waals surface area contributed by atoms with Gasteiger partial charge in [-0.25, -0.2) is 0 Å². The van der Waals surface area contributed by atoms with E-state index in [1.165, 1.54) is 5.56 Å². The number of piperidine rings is 1. The third-order valence-corrected chi connectivity index (χ3v) is 4.49. The average Bonchev–Trinajstić information content (AvgIpc) is 2.53. The van der Waals surface area contributed by atoms with Crippen LogP contribution in [0.15, 0.2) is 18.2 Å². The minimum Gasteiger partial charge on any atom is -0.384 e. The highest BCUT2D eigenvalue weighted by molar-refractivity contribution is 6.00. The largest absolute Gasteiger partial charge is 0.384 e. The summed E-state index contributed by atoms with van der Waals surface area (Å²) in [7, 11) is 0. The lowest BCUT2D eigenvalue weighted by Crippen LogP contribution is -2.42. The van der Waals surface area contributed by atoms with Gasteiger partial charge in [0.2, 0.25) is 5.91 Å². The molecule has 112 valence electrons. The SMILES string of the molecule is NC(=O)C1CCN(C(=O)c2cccc3c2NCCC3)CC1. The number of benzene rings is 1. The Morgan fingerprint density at radius 2 is 2.00 bits per heavy atom. The fraction of sp³-hybridized carbons (Fsp3) is 0.500. The molecule has 1 fully saturated rings. The van der Waals surface area contributed by atoms with E-state index in [4.69, 9.17) is 5.73 Å². The number of likely N-dealkylation sites (tertiary alicyclic amines) is 1. The maximum absolute atomic E-state index is 12.7. The minimum atomic E-state index is -0.249. The molecule has 2 heterocycles. The molecule has 5 heteroatoms. The van der Waals surface area contributed by atoms with E-state index in [2.05, 4.69) is 11.4 Å². The highest BCUT2D eigenvalue weighted by Crippen LogP contribution is 2.28. The van der Waals surface area contributed by atoms with Crippen LogP contribution in [0, 0.1) is 5.92 Å². The molecule has 0 radical (unpaired) electrons. The number of nitrogens with one attached hydrogen (secondary N) is 1. The third-order valence-electron chi connectivity index (χ3n) is 4.49. The van der Waals surface area contributed by atoms with Crippen LogP contribution in [0.2, 0.25) is 0 Å². The van der Waals surface area contributed by atoms with Crippen LogP contribution in [-0.4, -0.2) is 36.3 Å². The molecule has 0 atom stereocenters. The Kier molecular flexibility index (Phi) is 3.82. The molecule has 5 nitrogen and oxygen atoms in total. The summed E-state index contributed by atoms with van der Waals surface area (Å²) in [6.07, 6.45) is 3.47. The number of hydrogen-bond donors (Lipinski definition) is 2. The first-order valence-corrected chi connectivity index (χ1v) is 7.61. The van der Waals surface area contributed by atoms with Crippen molar-refractivity contribution in [3.8, 4) is 0 Å². The van der Waals surface area contributed by atoms with Crippen molar-refractivity contribution in [3.05, 3.63) is 29.3 Å². The van der Waals surface area contributed by atoms with Crippen LogP contribution < -0.4 is 11.1 Å². The number of para-hydroxylation sites is 1. The van der Waals surface area contributed by atoms with Gasteiger partial charge in [-0.1, -0.05) is 12.1 Å². The number of amides is 2. The zero-order chi connectivity index (χ0) is 14.8. The summed E-state index contributed by atoms with van der Waals surface area (Å²) in [5, 5.41) is 3.36. The zero-order valence-corrected chi connectivity index (χ0v) is 12.1. The molecule has 0 aromatic heterocycles. The van der Waals surface area contributed by atoms with E-state index in [1.54, 1.807) is 0 Å². The van der Waals surface area contributed by atoms with Gasteiger partial charge in [0, 0.05) is 25.6 Å². The fourth-order valence-corrected chi connectivity index (χ4v) is 3.23. The van der Waals surface area contributed by atoms with E-state index in [0.29, 0.717) is 25.9 Å². The molecule has 3 N–H and O–H groups in total. The van der Waals surface area contributed by atoms with Gasteiger partial charge in [-0.3, -0.25) is 9.59 Å². The number of hydrogen-bond acceptors (Lipinski definition) is 3. The predicted molar refractivity (Wildman–Crippen MR) is 81.1 cm³/mol. The molecular formula is C16H21N3O2. The van der Waals surface area contributed by atoms with E-state index >= 15 is 0 Å². The normalized spacial score (nSPS) is 18.8. The first-order chi connectivity index (χ1) is 10.2. The quantitative estimate of drug-likeness (QED) is 0.863. The van der Waals surface area contributed by atoms with Crippen molar-refractivity contribution >= 4 is 17.5 Å². The second-order valence-corrected chi connectivity index (χ2v) is 5.84. The molecule has 2 amide bonds. The standard InChI is InChI=1S/C16H21N3O2/c17-15(20)12-6-9-19(10-7-12)16(21)13-5-1-3-11-4-2-8-18-14(11)13/h1,3,5,12,18H,2,4,6-10H2,(H2,17,20). The molecule has 1 saturated heterocycles. The van der Waals surface area contributed by atoms with E-state index in [0.717, 1.165) is 30.6 Å². The third kappa shape index (κ3) is 2.73. The predicted octanol–water partition coefficient (Wildman–Crippen LogP) is 1.38. The molecule has 0 aliphatic carbocycles. The minimum absolute atomic E-state index is 0.0594. The van der Waals surface area contributed by atoms with Crippen molar-refractivity contribution in [1.82, 2.24) is 4.90 Å². The highest BCUT2D eigenvalue weighted by atomic mass is 16.2. The summed E-state index contributed by atoms with van der Waals surface area (Å²) in [6.45, 7) is 2.13. The lowest BCUT2D eigenvalue weighted by Gasteiger charge is -2.32. The van der Waals surface area contributed by atoms with Gasteiger partial charge in [0.15, 0.2) is 0 Å². The number of anilines is 1. The molecule has 3 rings (SSSR count). The monoisotopic (exact) mass is 287 g/mol. The topological polar surface area (TPSA) is 75.4 Å². The first-order valence-electron chi connectivity index (χ1n) is 7.61. The molecule has 0 bridgehead atoms. The van der Waals surface area contributed by atoms with E-state index in [-0.39, 0.29) is 17.7 Å². The Bertz CT molecular complexity index is 563. The lowest BCUT2D eigenvalue weighted by molar-refractivity contribution is -0.123. The summed E-state index contributed by atoms with van der Waals surface area (Å²) in [5.41, 5.74) is 8.31. The summed E-state index contributed by atoms with van der Waals surface area (Å²) < 4.78 is 0. The van der Waals surface area contributed by atoms with Crippen LogP contribution in [0.25, 0.3) is 0 Å². The van der Waals surface area contributed by atoms with Crippen LogP contribution >= 0.6 is 0 Å². The van der Waals surface area contributed by atoms with Crippen LogP contribution in [0.1, 0.15) is 35.2 Å². The van der Waals surface area contributed by atoms with Crippen molar-refractivity contribution in [1.29, 1.82) is 0 Å². The number of carbonyl (C=O) groups is 2. The first kappa shape index (κ1) is 13.9. The Morgan fingerprint density at radius 3 is 2.71 bits per heavy atom. The van der Waals surface area contributed by atoms with Gasteiger partial charge in [-0.2, -0.15) is 0 Å². The highest BCUT2D eigenvalue weighted by Gasteiger charge is 2.28. The van der Waals surface area contributed by atoms with Gasteiger partial charge < -0.3 is 16.0 Å². The van der Waals surface area contributed by atoms with Crippen LogP contribution in [0.5, 0.6) is 0 Å². The smallest absolute Gasteiger partial charge is 0.255 e. The Balaban J connectivity index is 1.76. The van der Waals surface area contributed by atoms with Crippen molar-refractivity contribution in [2.24, 2.45) is 11.7 Å². The maximum Gasteiger partial charge on any atom is 0.255 e. The number of rotatable bonds is 2. The Hall–Kier alpha value is -2.04. The number of primary amides is 1. The molecular weight excluding hydrogens is 266 g/mol. The van der Waals surface area contributed by atoms with Crippen molar-refractivity contribution in [3.63, 3.8) is 0 Å². The van der Waals surface area contributed by atoms with Crippen molar-refractivity contribution in [2.75, 3.05) is 25.0 Å². The second-order valence-electron chi connectivity index (χ2n) is 5.84. The molecule has 0 spiro atoms. The summed E-state index contributed by atoms with van der Waals surface area (Å²) in [4.78, 5) is 25.8. The number of carbonyl (C=O) groups excluding carboxylic acids is 2. The number of aryl methyl sites for hydroxylation is 1. The summed E-state index contributed by atoms with van der Waals surface area (Å²) >= 11 is 0. The molecule has 0 saturated carbocycles. The van der Waals surface area contributed by atoms with Gasteiger partial charge in [-0.15, -0.1) is 0 Å². The number of nitrogens with two attached hydrogens (primary N) is 1. The number of fused-ring (bicyclic) bond motifs is 1. The van der Waals surface area contributed by atoms with Crippen molar-refractivity contribution < 1.29 is 9.59 Å². The fourth-order valence-electron chi connectivity index (χ4n) is 3.23. The van der Waals surface area contributed by atoms with Crippen LogP contribution in [0.4, 0.5) is 5.69 Å². The van der Waals surface area contributed by atoms with E-state index in [9.17, 15) is 9.59 Å². The molecule has 0 unspecified atom stereocenters. The Labute approximate surface area is 124 Å². The van der Waals surface area contributed by atoms with Crippen LogP contribution in [-0.2, 0) is 11.2 Å². The Morgan fingerprint density at radius 1 is 1.24 bits per heavy atom. The van der Waals surface area contributed by atoms with Crippen molar-refractivity contribution in [2.45, 2.75) is 25.7 Å². The summed E-state index contributed by atoms with van der Waals surface area (Å²) in [5.74, 6) is -0.276. The van der Waals surface area contributed by atoms with E-state index in [1.807, 2.05) is 17.0 Å². The van der Waals surface area contributed by atoms with Gasteiger partial charge in [0.05, 0.1) is 11.3 Å². The molecule has 1 aromatic rings. The molecule has 2 aliphatic rings. The van der Waals surface area contributed by atoms with Gasteiger partial charge in [-0.05, 0) is 37.3 Å². The average molecular weight is 287 g/mol. The van der Waals surface area contributed by atoms with Gasteiger partial charge in [0.25, 0.3) is 5.91 Å².